The van der Waals surface area contributed by atoms with Gasteiger partial charge in [0.25, 0.3) is 0 Å². The molecule has 0 bridgehead atoms. The molecule has 0 unspecified atom stereocenters. The van der Waals surface area contributed by atoms with E-state index in [1.165, 1.54) is 6.26 Å². The number of benzene rings is 2. The van der Waals surface area contributed by atoms with Crippen molar-refractivity contribution >= 4 is 27.2 Å². The van der Waals surface area contributed by atoms with Crippen molar-refractivity contribution < 1.29 is 13.2 Å². The van der Waals surface area contributed by atoms with Gasteiger partial charge in [0.2, 0.25) is 0 Å². The van der Waals surface area contributed by atoms with Gasteiger partial charge in [-0.2, -0.15) is 0 Å². The van der Waals surface area contributed by atoms with Crippen molar-refractivity contribution in [2.45, 2.75) is 18.0 Å². The summed E-state index contributed by atoms with van der Waals surface area (Å²) in [5.41, 5.74) is 2.05. The third-order valence-electron chi connectivity index (χ3n) is 3.42. The number of ether oxygens (including phenoxy) is 1. The lowest BCUT2D eigenvalue weighted by Gasteiger charge is -2.11. The Balaban J connectivity index is 1.80. The Kier molecular flexibility index (Phi) is 6.16. The third-order valence-corrected chi connectivity index (χ3v) is 4.83. The molecule has 7 heteroatoms. The summed E-state index contributed by atoms with van der Waals surface area (Å²) < 4.78 is 27.9. The Hall–Kier alpha value is -2.12. The fraction of sp³-hybridized carbons (Fsp3) is 0.235. The predicted octanol–water partition coefficient (Wildman–Crippen LogP) is 2.26. The van der Waals surface area contributed by atoms with Crippen molar-refractivity contribution in [3.8, 4) is 5.75 Å². The standard InChI is InChI=1S/C17H20N2O3S2/c1-22-15-7-3-13(4-8-15)11-18-17(23)19-12-14-5-9-16(10-6-14)24(2,20)21/h3-10H,11-12H2,1-2H3,(H2,18,19,23). The number of thiocarbonyl (C=S) groups is 1. The van der Waals surface area contributed by atoms with E-state index in [4.69, 9.17) is 17.0 Å². The van der Waals surface area contributed by atoms with Crippen molar-refractivity contribution in [2.24, 2.45) is 0 Å². The summed E-state index contributed by atoms with van der Waals surface area (Å²) >= 11 is 5.24. The van der Waals surface area contributed by atoms with E-state index < -0.39 is 9.84 Å². The highest BCUT2D eigenvalue weighted by atomic mass is 32.2. The van der Waals surface area contributed by atoms with Crippen LogP contribution in [-0.4, -0.2) is 26.9 Å². The Morgan fingerprint density at radius 3 is 1.83 bits per heavy atom. The summed E-state index contributed by atoms with van der Waals surface area (Å²) in [7, 11) is -1.53. The number of sulfone groups is 1. The summed E-state index contributed by atoms with van der Waals surface area (Å²) in [6, 6.07) is 14.5. The molecule has 0 aromatic heterocycles. The van der Waals surface area contributed by atoms with Gasteiger partial charge in [0, 0.05) is 19.3 Å². The number of nitrogens with one attached hydrogen (secondary N) is 2. The first kappa shape index (κ1) is 18.2. The van der Waals surface area contributed by atoms with Gasteiger partial charge >= 0.3 is 0 Å². The SMILES string of the molecule is COc1ccc(CNC(=S)NCc2ccc(S(C)(=O)=O)cc2)cc1. The molecule has 24 heavy (non-hydrogen) atoms. The largest absolute Gasteiger partial charge is 0.497 e. The van der Waals surface area contributed by atoms with Gasteiger partial charge in [-0.15, -0.1) is 0 Å². The molecule has 0 saturated heterocycles. The van der Waals surface area contributed by atoms with Gasteiger partial charge in [0.05, 0.1) is 12.0 Å². The Morgan fingerprint density at radius 2 is 1.42 bits per heavy atom. The van der Waals surface area contributed by atoms with Crippen LogP contribution in [0.15, 0.2) is 53.4 Å². The molecule has 0 amide bonds. The molecule has 0 aliphatic carbocycles. The van der Waals surface area contributed by atoms with E-state index in [-0.39, 0.29) is 0 Å². The van der Waals surface area contributed by atoms with Crippen LogP contribution >= 0.6 is 12.2 Å². The van der Waals surface area contributed by atoms with Crippen molar-refractivity contribution in [1.29, 1.82) is 0 Å². The zero-order valence-corrected chi connectivity index (χ0v) is 15.2. The van der Waals surface area contributed by atoms with E-state index in [9.17, 15) is 8.42 Å². The molecule has 0 heterocycles. The number of rotatable bonds is 6. The van der Waals surface area contributed by atoms with E-state index in [2.05, 4.69) is 10.6 Å². The van der Waals surface area contributed by atoms with E-state index in [0.717, 1.165) is 16.9 Å². The molecular formula is C17H20N2O3S2. The van der Waals surface area contributed by atoms with Crippen LogP contribution in [0.2, 0.25) is 0 Å². The topological polar surface area (TPSA) is 67.4 Å². The molecule has 2 rings (SSSR count). The Morgan fingerprint density at radius 1 is 0.958 bits per heavy atom. The molecular weight excluding hydrogens is 344 g/mol. The molecule has 128 valence electrons. The van der Waals surface area contributed by atoms with Gasteiger partial charge in [-0.05, 0) is 47.6 Å². The Bertz CT molecular complexity index is 786. The average Bonchev–Trinajstić information content (AvgIpc) is 2.58. The lowest BCUT2D eigenvalue weighted by Crippen LogP contribution is -2.34. The summed E-state index contributed by atoms with van der Waals surface area (Å²) in [5.74, 6) is 0.817. The number of methoxy groups -OCH3 is 1. The van der Waals surface area contributed by atoms with Crippen LogP contribution in [0.3, 0.4) is 0 Å². The summed E-state index contributed by atoms with van der Waals surface area (Å²) in [6.07, 6.45) is 1.19. The van der Waals surface area contributed by atoms with E-state index >= 15 is 0 Å². The fourth-order valence-corrected chi connectivity index (χ4v) is 2.80. The molecule has 0 atom stereocenters. The molecule has 0 aliphatic rings. The highest BCUT2D eigenvalue weighted by molar-refractivity contribution is 7.90. The fourth-order valence-electron chi connectivity index (χ4n) is 2.03. The molecule has 0 aliphatic heterocycles. The van der Waals surface area contributed by atoms with Crippen LogP contribution in [0.1, 0.15) is 11.1 Å². The highest BCUT2D eigenvalue weighted by Gasteiger charge is 2.06. The van der Waals surface area contributed by atoms with Crippen molar-refractivity contribution in [2.75, 3.05) is 13.4 Å². The Labute approximate surface area is 148 Å². The number of hydrogen-bond donors (Lipinski definition) is 2. The molecule has 2 aromatic carbocycles. The summed E-state index contributed by atoms with van der Waals surface area (Å²) in [4.78, 5) is 0.312. The third kappa shape index (κ3) is 5.50. The minimum absolute atomic E-state index is 0.312. The zero-order valence-electron chi connectivity index (χ0n) is 13.6. The van der Waals surface area contributed by atoms with Crippen molar-refractivity contribution in [3.05, 3.63) is 59.7 Å². The zero-order chi connectivity index (χ0) is 17.6. The molecule has 2 N–H and O–H groups in total. The summed E-state index contributed by atoms with van der Waals surface area (Å²) in [5, 5.41) is 6.76. The van der Waals surface area contributed by atoms with Gasteiger partial charge in [0.1, 0.15) is 5.75 Å². The van der Waals surface area contributed by atoms with Gasteiger partial charge in [0.15, 0.2) is 14.9 Å². The quantitative estimate of drug-likeness (QED) is 0.767. The second kappa shape index (κ2) is 8.12. The average molecular weight is 364 g/mol. The summed E-state index contributed by atoms with van der Waals surface area (Å²) in [6.45, 7) is 1.14. The van der Waals surface area contributed by atoms with Gasteiger partial charge in [-0.3, -0.25) is 0 Å². The van der Waals surface area contributed by atoms with Crippen LogP contribution in [0.25, 0.3) is 0 Å². The van der Waals surface area contributed by atoms with Crippen molar-refractivity contribution in [3.63, 3.8) is 0 Å². The molecule has 2 aromatic rings. The van der Waals surface area contributed by atoms with Crippen LogP contribution in [0, 0.1) is 0 Å². The maximum absolute atomic E-state index is 11.4. The molecule has 0 spiro atoms. The second-order valence-corrected chi connectivity index (χ2v) is 7.72. The lowest BCUT2D eigenvalue weighted by molar-refractivity contribution is 0.414. The first-order chi connectivity index (χ1) is 11.4. The van der Waals surface area contributed by atoms with E-state index in [1.807, 2.05) is 24.3 Å². The smallest absolute Gasteiger partial charge is 0.175 e. The van der Waals surface area contributed by atoms with Crippen LogP contribution in [0.5, 0.6) is 5.75 Å². The van der Waals surface area contributed by atoms with E-state index in [0.29, 0.717) is 23.1 Å². The van der Waals surface area contributed by atoms with Gasteiger partial charge in [-0.25, -0.2) is 8.42 Å². The van der Waals surface area contributed by atoms with E-state index in [1.54, 1.807) is 31.4 Å². The molecule has 0 radical (unpaired) electrons. The van der Waals surface area contributed by atoms with Crippen LogP contribution in [0.4, 0.5) is 0 Å². The van der Waals surface area contributed by atoms with Crippen LogP contribution in [-0.2, 0) is 22.9 Å². The molecule has 0 saturated carbocycles. The monoisotopic (exact) mass is 364 g/mol. The van der Waals surface area contributed by atoms with Crippen LogP contribution < -0.4 is 15.4 Å². The maximum atomic E-state index is 11.4. The van der Waals surface area contributed by atoms with Gasteiger partial charge in [-0.1, -0.05) is 24.3 Å². The minimum atomic E-state index is -3.16. The maximum Gasteiger partial charge on any atom is 0.175 e. The van der Waals surface area contributed by atoms with Gasteiger partial charge < -0.3 is 15.4 Å². The highest BCUT2D eigenvalue weighted by Crippen LogP contribution is 2.11. The molecule has 5 nitrogen and oxygen atoms in total. The second-order valence-electron chi connectivity index (χ2n) is 5.30. The number of hydrogen-bond acceptors (Lipinski definition) is 4. The van der Waals surface area contributed by atoms with Crippen molar-refractivity contribution in [1.82, 2.24) is 10.6 Å². The lowest BCUT2D eigenvalue weighted by atomic mass is 10.2. The minimum Gasteiger partial charge on any atom is -0.497 e. The predicted molar refractivity (Wildman–Crippen MR) is 98.8 cm³/mol. The molecule has 0 fully saturated rings. The normalized spacial score (nSPS) is 10.9. The first-order valence-electron chi connectivity index (χ1n) is 7.32. The first-order valence-corrected chi connectivity index (χ1v) is 9.62.